The van der Waals surface area contributed by atoms with Gasteiger partial charge in [-0.05, 0) is 44.2 Å². The molecule has 2 atom stereocenters. The number of hydrogen-bond donors (Lipinski definition) is 1. The number of aryl methyl sites for hydroxylation is 1. The Morgan fingerprint density at radius 2 is 2.20 bits per heavy atom. The number of fused-ring (bicyclic) bond motifs is 1. The van der Waals surface area contributed by atoms with Crippen molar-refractivity contribution in [3.63, 3.8) is 0 Å². The van der Waals surface area contributed by atoms with E-state index >= 15 is 0 Å². The number of nitrogens with zero attached hydrogens (tertiary/aromatic N) is 1. The summed E-state index contributed by atoms with van der Waals surface area (Å²) in [5.74, 6) is 1.20. The number of ether oxygens (including phenoxy) is 2. The van der Waals surface area contributed by atoms with Crippen molar-refractivity contribution in [2.75, 3.05) is 13.7 Å². The van der Waals surface area contributed by atoms with Crippen LogP contribution < -0.4 is 10.5 Å². The number of carbonyl (C=O) groups excluding carboxylic acids is 1. The summed E-state index contributed by atoms with van der Waals surface area (Å²) in [7, 11) is 1.60. The summed E-state index contributed by atoms with van der Waals surface area (Å²) < 4.78 is 17.0. The van der Waals surface area contributed by atoms with Gasteiger partial charge in [-0.2, -0.15) is 0 Å². The van der Waals surface area contributed by atoms with Gasteiger partial charge in [-0.15, -0.1) is 0 Å². The molecule has 3 rings (SSSR count). The lowest BCUT2D eigenvalue weighted by Gasteiger charge is -2.36. The van der Waals surface area contributed by atoms with Crippen LogP contribution in [0.1, 0.15) is 12.7 Å². The molecule has 0 saturated heterocycles. The Morgan fingerprint density at radius 1 is 1.40 bits per heavy atom. The van der Waals surface area contributed by atoms with Crippen LogP contribution >= 0.6 is 0 Å². The number of methoxy groups -OCH3 is 1. The first-order valence-corrected chi connectivity index (χ1v) is 8.09. The molecule has 2 unspecified atom stereocenters. The Balaban J connectivity index is 1.73. The standard InChI is InChI=1S/C19H22N2O4/c1-12-9-15-10-16(6-7-17(15)25-12)24-11-14-5-4-8-21(19(14)23-3)13(2)18(20)22/h4-10,13,19H,11H2,1-3H3,(H2,20,22). The molecular formula is C19H22N2O4. The highest BCUT2D eigenvalue weighted by molar-refractivity contribution is 5.80. The molecule has 6 nitrogen and oxygen atoms in total. The van der Waals surface area contributed by atoms with Gasteiger partial charge in [0.15, 0.2) is 6.23 Å². The van der Waals surface area contributed by atoms with Crippen LogP contribution in [0.15, 0.2) is 52.6 Å². The van der Waals surface area contributed by atoms with Crippen LogP contribution in [0.2, 0.25) is 0 Å². The van der Waals surface area contributed by atoms with Gasteiger partial charge in [0, 0.05) is 24.3 Å². The lowest BCUT2D eigenvalue weighted by Crippen LogP contribution is -2.48. The second-order valence-electron chi connectivity index (χ2n) is 6.04. The molecule has 132 valence electrons. The Morgan fingerprint density at radius 3 is 2.92 bits per heavy atom. The second kappa shape index (κ2) is 7.03. The maximum atomic E-state index is 11.5. The molecule has 6 heteroatoms. The van der Waals surface area contributed by atoms with Crippen LogP contribution in [0, 0.1) is 6.92 Å². The first kappa shape index (κ1) is 17.1. The third-order valence-corrected chi connectivity index (χ3v) is 4.26. The van der Waals surface area contributed by atoms with Gasteiger partial charge in [0.1, 0.15) is 29.7 Å². The zero-order chi connectivity index (χ0) is 18.0. The molecule has 0 saturated carbocycles. The lowest BCUT2D eigenvalue weighted by molar-refractivity contribution is -0.125. The number of furan rings is 1. The number of allylic oxidation sites excluding steroid dienone is 2. The van der Waals surface area contributed by atoms with E-state index in [0.29, 0.717) is 6.61 Å². The smallest absolute Gasteiger partial charge is 0.239 e. The molecule has 0 aliphatic carbocycles. The predicted molar refractivity (Wildman–Crippen MR) is 95.0 cm³/mol. The average Bonchev–Trinajstić information content (AvgIpc) is 2.97. The molecule has 2 heterocycles. The number of rotatable bonds is 6. The monoisotopic (exact) mass is 342 g/mol. The van der Waals surface area contributed by atoms with Crippen LogP contribution in [0.4, 0.5) is 0 Å². The molecule has 0 bridgehead atoms. The van der Waals surface area contributed by atoms with E-state index in [4.69, 9.17) is 19.6 Å². The van der Waals surface area contributed by atoms with E-state index in [2.05, 4.69) is 0 Å². The van der Waals surface area contributed by atoms with Crippen molar-refractivity contribution in [3.05, 3.63) is 54.0 Å². The maximum absolute atomic E-state index is 11.5. The molecule has 25 heavy (non-hydrogen) atoms. The van der Waals surface area contributed by atoms with Crippen molar-refractivity contribution in [2.45, 2.75) is 26.1 Å². The number of nitrogens with two attached hydrogens (primary N) is 1. The third kappa shape index (κ3) is 3.53. The fourth-order valence-corrected chi connectivity index (χ4v) is 2.90. The van der Waals surface area contributed by atoms with Crippen molar-refractivity contribution in [1.82, 2.24) is 4.90 Å². The summed E-state index contributed by atoms with van der Waals surface area (Å²) in [4.78, 5) is 13.3. The number of benzene rings is 1. The SMILES string of the molecule is COC1C(COc2ccc3oc(C)cc3c2)=CC=CN1C(C)C(N)=O. The molecule has 1 aliphatic rings. The van der Waals surface area contributed by atoms with Crippen molar-refractivity contribution in [3.8, 4) is 5.75 Å². The molecule has 0 spiro atoms. The maximum Gasteiger partial charge on any atom is 0.239 e. The molecule has 1 aromatic heterocycles. The second-order valence-corrected chi connectivity index (χ2v) is 6.04. The fourth-order valence-electron chi connectivity index (χ4n) is 2.90. The number of carbonyl (C=O) groups is 1. The lowest BCUT2D eigenvalue weighted by atomic mass is 10.1. The Bertz CT molecular complexity index is 837. The zero-order valence-corrected chi connectivity index (χ0v) is 14.6. The quantitative estimate of drug-likeness (QED) is 0.873. The topological polar surface area (TPSA) is 77.9 Å². The number of primary amides is 1. The first-order chi connectivity index (χ1) is 12.0. The van der Waals surface area contributed by atoms with E-state index in [1.165, 1.54) is 0 Å². The minimum atomic E-state index is -0.477. The Kier molecular flexibility index (Phi) is 4.81. The Labute approximate surface area is 146 Å². The van der Waals surface area contributed by atoms with Gasteiger partial charge in [-0.3, -0.25) is 4.79 Å². The highest BCUT2D eigenvalue weighted by atomic mass is 16.5. The normalized spacial score (nSPS) is 18.3. The summed E-state index contributed by atoms with van der Waals surface area (Å²) in [5, 5.41) is 1.000. The van der Waals surface area contributed by atoms with E-state index in [1.54, 1.807) is 25.1 Å². The minimum Gasteiger partial charge on any atom is -0.489 e. The molecular weight excluding hydrogens is 320 g/mol. The molecule has 1 aromatic carbocycles. The van der Waals surface area contributed by atoms with Crippen molar-refractivity contribution in [1.29, 1.82) is 0 Å². The van der Waals surface area contributed by atoms with Gasteiger partial charge in [-0.25, -0.2) is 0 Å². The van der Waals surface area contributed by atoms with Crippen LogP contribution in [0.3, 0.4) is 0 Å². The van der Waals surface area contributed by atoms with E-state index in [1.807, 2.05) is 43.3 Å². The first-order valence-electron chi connectivity index (χ1n) is 8.09. The largest absolute Gasteiger partial charge is 0.489 e. The van der Waals surface area contributed by atoms with Gasteiger partial charge < -0.3 is 24.5 Å². The van der Waals surface area contributed by atoms with E-state index in [0.717, 1.165) is 28.1 Å². The van der Waals surface area contributed by atoms with E-state index in [9.17, 15) is 4.79 Å². The van der Waals surface area contributed by atoms with Crippen LogP contribution in [0.5, 0.6) is 5.75 Å². The summed E-state index contributed by atoms with van der Waals surface area (Å²) >= 11 is 0. The van der Waals surface area contributed by atoms with Gasteiger partial charge >= 0.3 is 0 Å². The molecule has 0 radical (unpaired) electrons. The molecule has 2 N–H and O–H groups in total. The predicted octanol–water partition coefficient (Wildman–Crippen LogP) is 2.72. The van der Waals surface area contributed by atoms with Crippen LogP contribution in [0.25, 0.3) is 11.0 Å². The summed E-state index contributed by atoms with van der Waals surface area (Å²) in [6.45, 7) is 4.00. The van der Waals surface area contributed by atoms with Crippen molar-refractivity contribution in [2.24, 2.45) is 5.73 Å². The summed E-state index contributed by atoms with van der Waals surface area (Å²) in [6, 6.07) is 7.20. The summed E-state index contributed by atoms with van der Waals surface area (Å²) in [6.07, 6.45) is 5.19. The van der Waals surface area contributed by atoms with E-state index in [-0.39, 0.29) is 0 Å². The number of hydrogen-bond acceptors (Lipinski definition) is 5. The van der Waals surface area contributed by atoms with Gasteiger partial charge in [0.25, 0.3) is 0 Å². The zero-order valence-electron chi connectivity index (χ0n) is 14.6. The van der Waals surface area contributed by atoms with Crippen LogP contribution in [-0.2, 0) is 9.53 Å². The van der Waals surface area contributed by atoms with Gasteiger partial charge in [-0.1, -0.05) is 6.08 Å². The molecule has 2 aromatic rings. The van der Waals surface area contributed by atoms with Gasteiger partial charge in [0.05, 0.1) is 0 Å². The highest BCUT2D eigenvalue weighted by Crippen LogP contribution is 2.26. The third-order valence-electron chi connectivity index (χ3n) is 4.26. The fraction of sp³-hybridized carbons (Fsp3) is 0.316. The van der Waals surface area contributed by atoms with Crippen molar-refractivity contribution < 1.29 is 18.7 Å². The summed E-state index contributed by atoms with van der Waals surface area (Å²) in [5.41, 5.74) is 7.16. The van der Waals surface area contributed by atoms with Gasteiger partial charge in [0.2, 0.25) is 5.91 Å². The Hall–Kier alpha value is -2.73. The average molecular weight is 342 g/mol. The minimum absolute atomic E-state index is 0.340. The van der Waals surface area contributed by atoms with Crippen molar-refractivity contribution >= 4 is 16.9 Å². The molecule has 0 fully saturated rings. The number of amides is 1. The molecule has 1 amide bonds. The highest BCUT2D eigenvalue weighted by Gasteiger charge is 2.28. The molecule has 1 aliphatic heterocycles. The van der Waals surface area contributed by atoms with Crippen LogP contribution in [-0.4, -0.2) is 36.8 Å². The van der Waals surface area contributed by atoms with E-state index < -0.39 is 18.2 Å².